The normalized spacial score (nSPS) is 13.6. The summed E-state index contributed by atoms with van der Waals surface area (Å²) in [6, 6.07) is 17.7. The molecule has 2 aromatic carbocycles. The zero-order valence-electron chi connectivity index (χ0n) is 16.5. The highest BCUT2D eigenvalue weighted by Gasteiger charge is 2.21. The molecule has 0 saturated carbocycles. The molecule has 0 spiro atoms. The first-order valence-corrected chi connectivity index (χ1v) is 9.60. The third-order valence-corrected chi connectivity index (χ3v) is 4.60. The fraction of sp³-hybridized carbons (Fsp3) is 0.318. The van der Waals surface area contributed by atoms with Crippen molar-refractivity contribution < 1.29 is 4.79 Å². The van der Waals surface area contributed by atoms with E-state index in [-0.39, 0.29) is 29.9 Å². The lowest BCUT2D eigenvalue weighted by molar-refractivity contribution is -0.117. The topological polar surface area (TPSA) is 80.5 Å². The number of nitrogens with one attached hydrogen (secondary N) is 2. The molecule has 1 amide bonds. The number of anilines is 1. The average Bonchev–Trinajstić information content (AvgIpc) is 3.16. The number of hydrogen-bond donors (Lipinski definition) is 2. The first-order valence-electron chi connectivity index (χ1n) is 9.60. The third-order valence-electron chi connectivity index (χ3n) is 4.60. The van der Waals surface area contributed by atoms with Gasteiger partial charge in [0.05, 0.1) is 18.2 Å². The van der Waals surface area contributed by atoms with Crippen molar-refractivity contribution in [3.63, 3.8) is 0 Å². The molecule has 1 saturated heterocycles. The Kier molecular flexibility index (Phi) is 8.93. The van der Waals surface area contributed by atoms with Crippen molar-refractivity contribution in [1.29, 1.82) is 5.26 Å². The molecule has 2 aromatic rings. The van der Waals surface area contributed by atoms with Crippen LogP contribution in [0.5, 0.6) is 0 Å². The van der Waals surface area contributed by atoms with Crippen molar-refractivity contribution >= 4 is 41.5 Å². The van der Waals surface area contributed by atoms with E-state index in [1.54, 1.807) is 6.07 Å². The van der Waals surface area contributed by atoms with Gasteiger partial charge < -0.3 is 15.5 Å². The monoisotopic (exact) mass is 503 g/mol. The van der Waals surface area contributed by atoms with Gasteiger partial charge in [0.15, 0.2) is 5.96 Å². The van der Waals surface area contributed by atoms with Crippen LogP contribution in [0.4, 0.5) is 5.69 Å². The van der Waals surface area contributed by atoms with E-state index in [0.717, 1.165) is 42.3 Å². The number of guanidine groups is 1. The number of nitriles is 1. The largest absolute Gasteiger partial charge is 0.357 e. The van der Waals surface area contributed by atoms with E-state index in [0.29, 0.717) is 25.1 Å². The molecule has 0 atom stereocenters. The number of halogens is 1. The van der Waals surface area contributed by atoms with Gasteiger partial charge in [0.1, 0.15) is 0 Å². The Morgan fingerprint density at radius 3 is 2.62 bits per heavy atom. The molecule has 1 aliphatic rings. The van der Waals surface area contributed by atoms with Gasteiger partial charge in [-0.25, -0.2) is 4.99 Å². The van der Waals surface area contributed by atoms with E-state index in [9.17, 15) is 4.79 Å². The quantitative estimate of drug-likeness (QED) is 0.359. The molecule has 152 valence electrons. The van der Waals surface area contributed by atoms with Crippen LogP contribution in [0.2, 0.25) is 0 Å². The second-order valence-corrected chi connectivity index (χ2v) is 6.68. The van der Waals surface area contributed by atoms with Gasteiger partial charge in [0.2, 0.25) is 5.91 Å². The zero-order valence-corrected chi connectivity index (χ0v) is 18.8. The van der Waals surface area contributed by atoms with Crippen molar-refractivity contribution in [3.8, 4) is 6.07 Å². The third kappa shape index (κ3) is 6.46. The minimum atomic E-state index is 0. The fourth-order valence-corrected chi connectivity index (χ4v) is 3.15. The number of amides is 1. The second kappa shape index (κ2) is 11.4. The summed E-state index contributed by atoms with van der Waals surface area (Å²) in [4.78, 5) is 18.3. The molecule has 2 N–H and O–H groups in total. The number of aliphatic imine (C=N–C) groups is 1. The predicted octanol–water partition coefficient (Wildman–Crippen LogP) is 3.56. The number of carbonyl (C=O) groups excluding carboxylic acids is 1. The van der Waals surface area contributed by atoms with Gasteiger partial charge in [-0.2, -0.15) is 5.26 Å². The van der Waals surface area contributed by atoms with E-state index in [2.05, 4.69) is 21.7 Å². The van der Waals surface area contributed by atoms with E-state index >= 15 is 0 Å². The van der Waals surface area contributed by atoms with Crippen LogP contribution in [-0.4, -0.2) is 25.0 Å². The van der Waals surface area contributed by atoms with Gasteiger partial charge in [-0.15, -0.1) is 24.0 Å². The van der Waals surface area contributed by atoms with E-state index in [1.165, 1.54) is 0 Å². The van der Waals surface area contributed by atoms with Crippen LogP contribution in [0.25, 0.3) is 0 Å². The molecule has 1 heterocycles. The number of hydrogen-bond acceptors (Lipinski definition) is 3. The van der Waals surface area contributed by atoms with Crippen LogP contribution in [0.15, 0.2) is 53.5 Å². The van der Waals surface area contributed by atoms with Gasteiger partial charge in [-0.05, 0) is 48.7 Å². The van der Waals surface area contributed by atoms with Crippen LogP contribution in [-0.2, 0) is 17.9 Å². The van der Waals surface area contributed by atoms with Crippen molar-refractivity contribution in [2.24, 2.45) is 4.99 Å². The Morgan fingerprint density at radius 1 is 1.17 bits per heavy atom. The molecule has 0 aliphatic carbocycles. The first-order chi connectivity index (χ1) is 13.7. The van der Waals surface area contributed by atoms with Gasteiger partial charge in [-0.3, -0.25) is 4.79 Å². The van der Waals surface area contributed by atoms with Gasteiger partial charge >= 0.3 is 0 Å². The summed E-state index contributed by atoms with van der Waals surface area (Å²) in [6.45, 7) is 4.73. The lowest BCUT2D eigenvalue weighted by Crippen LogP contribution is -2.36. The van der Waals surface area contributed by atoms with Crippen LogP contribution >= 0.6 is 24.0 Å². The minimum absolute atomic E-state index is 0. The highest BCUT2D eigenvalue weighted by atomic mass is 127. The smallest absolute Gasteiger partial charge is 0.227 e. The molecule has 3 rings (SSSR count). The minimum Gasteiger partial charge on any atom is -0.357 e. The average molecular weight is 503 g/mol. The lowest BCUT2D eigenvalue weighted by Gasteiger charge is -2.16. The van der Waals surface area contributed by atoms with E-state index in [4.69, 9.17) is 5.26 Å². The Morgan fingerprint density at radius 2 is 1.97 bits per heavy atom. The van der Waals surface area contributed by atoms with Gasteiger partial charge in [0, 0.05) is 31.7 Å². The van der Waals surface area contributed by atoms with E-state index in [1.807, 2.05) is 54.3 Å². The molecule has 6 nitrogen and oxygen atoms in total. The molecule has 0 aromatic heterocycles. The SMILES string of the molecule is CCNC(=NCc1cccc(C#N)c1)NCc1ccc(N2CCCC2=O)cc1.I. The summed E-state index contributed by atoms with van der Waals surface area (Å²) in [7, 11) is 0. The van der Waals surface area contributed by atoms with Crippen LogP contribution in [0.3, 0.4) is 0 Å². The zero-order chi connectivity index (χ0) is 19.8. The summed E-state index contributed by atoms with van der Waals surface area (Å²) in [6.07, 6.45) is 1.57. The number of carbonyl (C=O) groups is 1. The maximum absolute atomic E-state index is 11.8. The summed E-state index contributed by atoms with van der Waals surface area (Å²) < 4.78 is 0. The second-order valence-electron chi connectivity index (χ2n) is 6.68. The molecular weight excluding hydrogens is 477 g/mol. The summed E-state index contributed by atoms with van der Waals surface area (Å²) in [5.74, 6) is 0.927. The van der Waals surface area contributed by atoms with Crippen LogP contribution in [0, 0.1) is 11.3 Å². The highest BCUT2D eigenvalue weighted by Crippen LogP contribution is 2.21. The van der Waals surface area contributed by atoms with Crippen LogP contribution in [0.1, 0.15) is 36.5 Å². The van der Waals surface area contributed by atoms with Crippen molar-refractivity contribution in [2.75, 3.05) is 18.0 Å². The van der Waals surface area contributed by atoms with Crippen molar-refractivity contribution in [3.05, 3.63) is 65.2 Å². The Labute approximate surface area is 189 Å². The standard InChI is InChI=1S/C22H25N5O.HI/c1-2-24-22(26-16-19-6-3-5-18(13-19)14-23)25-15-17-8-10-20(11-9-17)27-12-4-7-21(27)28;/h3,5-6,8-11,13H,2,4,7,12,15-16H2,1H3,(H2,24,25,26);1H. The highest BCUT2D eigenvalue weighted by molar-refractivity contribution is 14.0. The van der Waals surface area contributed by atoms with Crippen molar-refractivity contribution in [2.45, 2.75) is 32.9 Å². The Hall–Kier alpha value is -2.60. The maximum Gasteiger partial charge on any atom is 0.227 e. The summed E-state index contributed by atoms with van der Waals surface area (Å²) in [5, 5.41) is 15.6. The molecule has 1 aliphatic heterocycles. The molecular formula is C22H26IN5O. The fourth-order valence-electron chi connectivity index (χ4n) is 3.15. The molecule has 0 unspecified atom stereocenters. The van der Waals surface area contributed by atoms with Crippen molar-refractivity contribution in [1.82, 2.24) is 10.6 Å². The molecule has 0 radical (unpaired) electrons. The molecule has 1 fully saturated rings. The number of rotatable bonds is 6. The lowest BCUT2D eigenvalue weighted by atomic mass is 10.1. The molecule has 7 heteroatoms. The summed E-state index contributed by atoms with van der Waals surface area (Å²) >= 11 is 0. The van der Waals surface area contributed by atoms with Gasteiger partial charge in [-0.1, -0.05) is 24.3 Å². The number of benzene rings is 2. The van der Waals surface area contributed by atoms with Gasteiger partial charge in [0.25, 0.3) is 0 Å². The first kappa shape index (κ1) is 22.7. The molecule has 29 heavy (non-hydrogen) atoms. The molecule has 0 bridgehead atoms. The van der Waals surface area contributed by atoms with Crippen LogP contribution < -0.4 is 15.5 Å². The maximum atomic E-state index is 11.8. The predicted molar refractivity (Wildman–Crippen MR) is 126 cm³/mol. The van der Waals surface area contributed by atoms with E-state index < -0.39 is 0 Å². The summed E-state index contributed by atoms with van der Waals surface area (Å²) in [5.41, 5.74) is 3.72. The number of nitrogens with zero attached hydrogens (tertiary/aromatic N) is 3. The Balaban J connectivity index is 0.00000300. The Bertz CT molecular complexity index is 889.